The van der Waals surface area contributed by atoms with E-state index in [1.54, 1.807) is 24.4 Å². The first-order chi connectivity index (χ1) is 18.4. The zero-order chi connectivity index (χ0) is 26.8. The summed E-state index contributed by atoms with van der Waals surface area (Å²) in [6.07, 6.45) is 3.49. The van der Waals surface area contributed by atoms with Crippen LogP contribution in [0.1, 0.15) is 43.5 Å². The number of nitrogens with zero attached hydrogens (tertiary/aromatic N) is 4. The molecule has 0 bridgehead atoms. The van der Waals surface area contributed by atoms with Gasteiger partial charge in [-0.05, 0) is 91.6 Å². The molecule has 0 saturated heterocycles. The maximum absolute atomic E-state index is 13.7. The molecule has 5 aromatic rings. The Hall–Kier alpha value is -4.52. The lowest BCUT2D eigenvalue weighted by Gasteiger charge is -2.18. The van der Waals surface area contributed by atoms with Crippen LogP contribution in [0.2, 0.25) is 0 Å². The number of ether oxygens (including phenoxy) is 1. The molecule has 6 nitrogen and oxygen atoms in total. The van der Waals surface area contributed by atoms with Gasteiger partial charge in [-0.3, -0.25) is 4.79 Å². The normalized spacial score (nSPS) is 11.6. The SMILES string of the molecule is CCOc1cc(C)c(-c2nc3ccccc3c(=O)n2N=Cc2cccn2-c2ccc(F)cc2)cc1C(C)C. The molecule has 2 aromatic heterocycles. The number of hydrogen-bond acceptors (Lipinski definition) is 4. The van der Waals surface area contributed by atoms with Gasteiger partial charge in [0.25, 0.3) is 5.56 Å². The van der Waals surface area contributed by atoms with Crippen LogP contribution in [0, 0.1) is 12.7 Å². The average molecular weight is 509 g/mol. The summed E-state index contributed by atoms with van der Waals surface area (Å²) in [6.45, 7) is 8.73. The molecule has 0 aliphatic rings. The van der Waals surface area contributed by atoms with E-state index in [-0.39, 0.29) is 17.3 Å². The van der Waals surface area contributed by atoms with Crippen LogP contribution in [-0.4, -0.2) is 27.0 Å². The van der Waals surface area contributed by atoms with Crippen LogP contribution < -0.4 is 10.3 Å². The van der Waals surface area contributed by atoms with Gasteiger partial charge in [-0.15, -0.1) is 0 Å². The van der Waals surface area contributed by atoms with Gasteiger partial charge >= 0.3 is 0 Å². The molecule has 0 aliphatic carbocycles. The Balaban J connectivity index is 1.70. The second-order valence-electron chi connectivity index (χ2n) is 9.39. The van der Waals surface area contributed by atoms with E-state index >= 15 is 0 Å². The molecule has 0 unspecified atom stereocenters. The summed E-state index contributed by atoms with van der Waals surface area (Å²) in [5.41, 5.74) is 4.63. The maximum Gasteiger partial charge on any atom is 0.282 e. The Bertz CT molecular complexity index is 1700. The van der Waals surface area contributed by atoms with E-state index in [4.69, 9.17) is 9.72 Å². The van der Waals surface area contributed by atoms with Gasteiger partial charge in [0, 0.05) is 17.4 Å². The van der Waals surface area contributed by atoms with E-state index in [0.717, 1.165) is 33.8 Å². The highest BCUT2D eigenvalue weighted by molar-refractivity contribution is 5.82. The van der Waals surface area contributed by atoms with Crippen LogP contribution >= 0.6 is 0 Å². The highest BCUT2D eigenvalue weighted by Crippen LogP contribution is 2.34. The Morgan fingerprint density at radius 1 is 1.05 bits per heavy atom. The Morgan fingerprint density at radius 2 is 1.82 bits per heavy atom. The third-order valence-corrected chi connectivity index (χ3v) is 6.46. The molecule has 0 radical (unpaired) electrons. The van der Waals surface area contributed by atoms with Gasteiger partial charge in [0.15, 0.2) is 5.82 Å². The highest BCUT2D eigenvalue weighted by Gasteiger charge is 2.18. The zero-order valence-electron chi connectivity index (χ0n) is 21.9. The van der Waals surface area contributed by atoms with Crippen LogP contribution in [0.3, 0.4) is 0 Å². The molecule has 192 valence electrons. The molecule has 2 heterocycles. The fourth-order valence-corrected chi connectivity index (χ4v) is 4.53. The van der Waals surface area contributed by atoms with Crippen LogP contribution in [0.5, 0.6) is 5.75 Å². The van der Waals surface area contributed by atoms with Gasteiger partial charge in [-0.1, -0.05) is 26.0 Å². The molecule has 38 heavy (non-hydrogen) atoms. The zero-order valence-corrected chi connectivity index (χ0v) is 21.9. The van der Waals surface area contributed by atoms with Crippen molar-refractivity contribution in [3.63, 3.8) is 0 Å². The smallest absolute Gasteiger partial charge is 0.282 e. The number of hydrogen-bond donors (Lipinski definition) is 0. The quantitative estimate of drug-likeness (QED) is 0.230. The summed E-state index contributed by atoms with van der Waals surface area (Å²) in [5, 5.41) is 5.12. The second kappa shape index (κ2) is 10.5. The van der Waals surface area contributed by atoms with Crippen molar-refractivity contribution in [1.29, 1.82) is 0 Å². The Kier molecular flexibility index (Phi) is 6.92. The van der Waals surface area contributed by atoms with Crippen molar-refractivity contribution in [2.45, 2.75) is 33.6 Å². The minimum atomic E-state index is -0.305. The molecule has 0 saturated carbocycles. The van der Waals surface area contributed by atoms with Crippen LogP contribution in [0.4, 0.5) is 4.39 Å². The predicted molar refractivity (Wildman–Crippen MR) is 150 cm³/mol. The molecule has 0 fully saturated rings. The number of fused-ring (bicyclic) bond motifs is 1. The first kappa shape index (κ1) is 25.1. The monoisotopic (exact) mass is 508 g/mol. The molecular formula is C31H29FN4O2. The van der Waals surface area contributed by atoms with Crippen molar-refractivity contribution in [2.24, 2.45) is 5.10 Å². The summed E-state index contributed by atoms with van der Waals surface area (Å²) in [6, 6.07) is 21.3. The van der Waals surface area contributed by atoms with Gasteiger partial charge in [0.05, 0.1) is 29.4 Å². The van der Waals surface area contributed by atoms with E-state index in [0.29, 0.717) is 23.3 Å². The number of para-hydroxylation sites is 1. The number of benzene rings is 3. The first-order valence-corrected chi connectivity index (χ1v) is 12.6. The topological polar surface area (TPSA) is 61.4 Å². The standard InChI is InChI=1S/C31H29FN4O2/c1-5-38-29-17-21(4)27(18-26(29)20(2)3)30-34-28-11-7-6-10-25(28)31(37)36(30)33-19-24-9-8-16-35(24)23-14-12-22(32)13-15-23/h6-20H,5H2,1-4H3. The number of halogens is 1. The van der Waals surface area contributed by atoms with Crippen LogP contribution in [0.15, 0.2) is 88.9 Å². The van der Waals surface area contributed by atoms with Crippen LogP contribution in [0.25, 0.3) is 28.0 Å². The average Bonchev–Trinajstić information content (AvgIpc) is 3.37. The fourth-order valence-electron chi connectivity index (χ4n) is 4.53. The Morgan fingerprint density at radius 3 is 2.55 bits per heavy atom. The van der Waals surface area contributed by atoms with Gasteiger partial charge in [0.2, 0.25) is 0 Å². The molecule has 0 aliphatic heterocycles. The molecule has 0 N–H and O–H groups in total. The van der Waals surface area contributed by atoms with E-state index in [2.05, 4.69) is 25.0 Å². The van der Waals surface area contributed by atoms with Gasteiger partial charge in [-0.2, -0.15) is 9.78 Å². The molecule has 0 spiro atoms. The third kappa shape index (κ3) is 4.75. The van der Waals surface area contributed by atoms with E-state index in [9.17, 15) is 9.18 Å². The lowest BCUT2D eigenvalue weighted by molar-refractivity contribution is 0.335. The molecule has 0 atom stereocenters. The third-order valence-electron chi connectivity index (χ3n) is 6.46. The first-order valence-electron chi connectivity index (χ1n) is 12.6. The lowest BCUT2D eigenvalue weighted by atomic mass is 9.96. The highest BCUT2D eigenvalue weighted by atomic mass is 19.1. The second-order valence-corrected chi connectivity index (χ2v) is 9.39. The Labute approximate surface area is 220 Å². The molecular weight excluding hydrogens is 479 g/mol. The number of rotatable bonds is 7. The summed E-state index contributed by atoms with van der Waals surface area (Å²) in [7, 11) is 0. The van der Waals surface area contributed by atoms with Crippen molar-refractivity contribution < 1.29 is 9.13 Å². The number of aromatic nitrogens is 3. The summed E-state index contributed by atoms with van der Waals surface area (Å²) in [5.74, 6) is 1.19. The minimum absolute atomic E-state index is 0.207. The summed E-state index contributed by atoms with van der Waals surface area (Å²) >= 11 is 0. The predicted octanol–water partition coefficient (Wildman–Crippen LogP) is 6.71. The maximum atomic E-state index is 13.7. The van der Waals surface area contributed by atoms with Crippen LogP contribution in [-0.2, 0) is 0 Å². The number of aryl methyl sites for hydroxylation is 1. The van der Waals surface area contributed by atoms with Crippen molar-refractivity contribution >= 4 is 17.1 Å². The van der Waals surface area contributed by atoms with E-state index in [1.165, 1.54) is 16.8 Å². The van der Waals surface area contributed by atoms with Gasteiger partial charge in [0.1, 0.15) is 11.6 Å². The molecule has 7 heteroatoms. The molecule has 5 rings (SSSR count). The van der Waals surface area contributed by atoms with E-state index in [1.807, 2.05) is 61.0 Å². The van der Waals surface area contributed by atoms with Gasteiger partial charge in [-0.25, -0.2) is 9.37 Å². The van der Waals surface area contributed by atoms with E-state index < -0.39 is 0 Å². The minimum Gasteiger partial charge on any atom is -0.494 e. The van der Waals surface area contributed by atoms with Gasteiger partial charge < -0.3 is 9.30 Å². The lowest BCUT2D eigenvalue weighted by Crippen LogP contribution is -2.21. The molecule has 3 aromatic carbocycles. The largest absolute Gasteiger partial charge is 0.494 e. The summed E-state index contributed by atoms with van der Waals surface area (Å²) in [4.78, 5) is 18.6. The van der Waals surface area contributed by atoms with Crippen molar-refractivity contribution in [3.05, 3.63) is 112 Å². The van der Waals surface area contributed by atoms with Crippen molar-refractivity contribution in [2.75, 3.05) is 6.61 Å². The summed E-state index contributed by atoms with van der Waals surface area (Å²) < 4.78 is 22.6. The fraction of sp³-hybridized carbons (Fsp3) is 0.194. The molecule has 0 amide bonds. The van der Waals surface area contributed by atoms with Crippen molar-refractivity contribution in [3.8, 4) is 22.8 Å². The van der Waals surface area contributed by atoms with Crippen molar-refractivity contribution in [1.82, 2.24) is 14.2 Å².